The van der Waals surface area contributed by atoms with Gasteiger partial charge in [0.05, 0.1) is 29.3 Å². The Morgan fingerprint density at radius 3 is 2.33 bits per heavy atom. The summed E-state index contributed by atoms with van der Waals surface area (Å²) in [4.78, 5) is 43.7. The molecule has 3 aliphatic carbocycles. The molecule has 6 atom stereocenters. The normalized spacial score (nSPS) is 30.3. The van der Waals surface area contributed by atoms with E-state index in [1.54, 1.807) is 19.1 Å². The molecule has 0 radical (unpaired) electrons. The molecular weight excluding hydrogens is 592 g/mol. The van der Waals surface area contributed by atoms with E-state index in [2.05, 4.69) is 22.3 Å². The number of nitrogens with two attached hydrogens (primary N) is 1. The van der Waals surface area contributed by atoms with Gasteiger partial charge in [0.25, 0.3) is 5.91 Å². The number of hydrogen-bond acceptors (Lipinski definition) is 11. The van der Waals surface area contributed by atoms with Crippen molar-refractivity contribution in [3.8, 4) is 5.75 Å². The zero-order chi connectivity index (χ0) is 33.2. The summed E-state index contributed by atoms with van der Waals surface area (Å²) in [5.74, 6) is -9.00. The topological polar surface area (TPSA) is 197 Å². The Bertz CT molecular complexity index is 1660. The Hall–Kier alpha value is -4.23. The van der Waals surface area contributed by atoms with Gasteiger partial charge in [0.2, 0.25) is 5.78 Å². The summed E-state index contributed by atoms with van der Waals surface area (Å²) in [7, 11) is 3.01. The number of aromatic hydroxyl groups is 1. The molecule has 12 nitrogen and oxygen atoms in total. The number of primary amides is 1. The van der Waals surface area contributed by atoms with Crippen LogP contribution in [0.1, 0.15) is 47.2 Å². The number of nitrogens with zero attached hydrogens (tertiary/aromatic N) is 2. The Morgan fingerprint density at radius 1 is 1.07 bits per heavy atom. The van der Waals surface area contributed by atoms with Crippen molar-refractivity contribution in [2.24, 2.45) is 17.6 Å². The van der Waals surface area contributed by atoms with Crippen LogP contribution in [-0.4, -0.2) is 104 Å². The van der Waals surface area contributed by atoms with E-state index in [-0.39, 0.29) is 17.4 Å². The number of aliphatic hydroxyl groups is 4. The number of piperidine rings is 1. The molecule has 1 aliphatic heterocycles. The fraction of sp³-hybridized carbons (Fsp3) is 0.441. The highest BCUT2D eigenvalue weighted by atomic mass is 16.4. The van der Waals surface area contributed by atoms with Crippen LogP contribution < -0.4 is 11.1 Å². The molecule has 12 heteroatoms. The van der Waals surface area contributed by atoms with Gasteiger partial charge in [-0.05, 0) is 50.0 Å². The third kappa shape index (κ3) is 4.70. The summed E-state index contributed by atoms with van der Waals surface area (Å²) in [5.41, 5.74) is 3.00. The van der Waals surface area contributed by atoms with Gasteiger partial charge in [-0.15, -0.1) is 0 Å². The molecule has 0 spiro atoms. The minimum absolute atomic E-state index is 0.0277. The maximum absolute atomic E-state index is 14.1. The van der Waals surface area contributed by atoms with Gasteiger partial charge >= 0.3 is 0 Å². The lowest BCUT2D eigenvalue weighted by atomic mass is 9.55. The first-order chi connectivity index (χ1) is 21.8. The van der Waals surface area contributed by atoms with Gasteiger partial charge in [-0.1, -0.05) is 43.3 Å². The zero-order valence-corrected chi connectivity index (χ0v) is 26.0. The second-order valence-corrected chi connectivity index (χ2v) is 13.2. The minimum atomic E-state index is -2.94. The number of nitrogens with one attached hydrogen (secondary N) is 1. The molecule has 0 saturated carbocycles. The third-order valence-corrected chi connectivity index (χ3v) is 10.3. The molecule has 1 fully saturated rings. The van der Waals surface area contributed by atoms with E-state index in [0.717, 1.165) is 32.5 Å². The summed E-state index contributed by atoms with van der Waals surface area (Å²) in [6.07, 6.45) is -0.0166. The van der Waals surface area contributed by atoms with Crippen molar-refractivity contribution >= 4 is 23.2 Å². The highest BCUT2D eigenvalue weighted by Gasteiger charge is 2.67. The molecule has 6 rings (SSSR count). The number of likely N-dealkylation sites (tertiary alicyclic amines) is 1. The van der Waals surface area contributed by atoms with E-state index < -0.39 is 75.6 Å². The fourth-order valence-corrected chi connectivity index (χ4v) is 8.04. The number of phenolic OH excluding ortho intramolecular Hbond substituents is 1. The van der Waals surface area contributed by atoms with Crippen molar-refractivity contribution in [1.29, 1.82) is 0 Å². The highest BCUT2D eigenvalue weighted by Crippen LogP contribution is 2.56. The fourth-order valence-electron chi connectivity index (χ4n) is 8.04. The second kappa shape index (κ2) is 11.5. The van der Waals surface area contributed by atoms with Gasteiger partial charge in [-0.2, -0.15) is 0 Å². The van der Waals surface area contributed by atoms with Gasteiger partial charge in [-0.3, -0.25) is 24.2 Å². The summed E-state index contributed by atoms with van der Waals surface area (Å²) >= 11 is 0. The molecule has 1 heterocycles. The van der Waals surface area contributed by atoms with Crippen molar-refractivity contribution in [2.45, 2.75) is 56.0 Å². The van der Waals surface area contributed by atoms with Gasteiger partial charge in [0.15, 0.2) is 11.4 Å². The van der Waals surface area contributed by atoms with Crippen molar-refractivity contribution in [1.82, 2.24) is 9.80 Å². The number of Topliss-reactive ketones (excluding diaryl/α,β-unsaturated/α-hetero) is 2. The smallest absolute Gasteiger partial charge is 0.255 e. The van der Waals surface area contributed by atoms with E-state index in [9.17, 15) is 39.9 Å². The van der Waals surface area contributed by atoms with Crippen LogP contribution >= 0.6 is 0 Å². The standard InChI is InChI=1S/C34H40N4O8/c1-16-19-9-10-20(36-18-11-13-38(14-12-18)15-17-7-5-4-6-8-17)27(39)22(19)28(40)23-21(16)29(41)25-26(37(2)3)30(42)24(33(35)45)32(44)34(25,46)31(23)43/h4-10,16,18,21,25-26,29,36,39,41-43,46H,11-15H2,1-3H3,(H2,35,45)/t16-,21+,25-,26+,29-,34+/m0/s1. The first kappa shape index (κ1) is 31.7. The molecule has 2 aromatic rings. The summed E-state index contributed by atoms with van der Waals surface area (Å²) in [6, 6.07) is 12.3. The number of ketones is 2. The molecule has 1 amide bonds. The molecule has 0 bridgehead atoms. The van der Waals surface area contributed by atoms with Gasteiger partial charge < -0.3 is 36.6 Å². The Morgan fingerprint density at radius 2 is 1.72 bits per heavy atom. The average molecular weight is 633 g/mol. The maximum atomic E-state index is 14.1. The number of fused-ring (bicyclic) bond motifs is 3. The number of aliphatic hydroxyl groups excluding tert-OH is 3. The summed E-state index contributed by atoms with van der Waals surface area (Å²) in [5, 5.41) is 61.0. The molecule has 0 aromatic heterocycles. The lowest BCUT2D eigenvalue weighted by Gasteiger charge is -2.53. The van der Waals surface area contributed by atoms with Crippen LogP contribution in [0.15, 0.2) is 65.1 Å². The Kier molecular flexibility index (Phi) is 7.96. The molecule has 8 N–H and O–H groups in total. The van der Waals surface area contributed by atoms with Gasteiger partial charge in [0.1, 0.15) is 22.8 Å². The monoisotopic (exact) mass is 632 g/mol. The minimum Gasteiger partial charge on any atom is -0.510 e. The van der Waals surface area contributed by atoms with Crippen LogP contribution in [-0.2, 0) is 16.1 Å². The third-order valence-electron chi connectivity index (χ3n) is 10.3. The van der Waals surface area contributed by atoms with Crippen LogP contribution in [0.4, 0.5) is 5.69 Å². The van der Waals surface area contributed by atoms with E-state index in [0.29, 0.717) is 11.3 Å². The number of benzene rings is 2. The predicted octanol–water partition coefficient (Wildman–Crippen LogP) is 1.73. The summed E-state index contributed by atoms with van der Waals surface area (Å²) in [6.45, 7) is 4.24. The Balaban J connectivity index is 1.33. The van der Waals surface area contributed by atoms with Crippen LogP contribution in [0, 0.1) is 11.8 Å². The summed E-state index contributed by atoms with van der Waals surface area (Å²) < 4.78 is 0. The SMILES string of the molecule is C[C@H]1c2ccc(NC3CCN(Cc4ccccc4)CC3)c(O)c2C(=O)C2=C(O)[C@@]3(O)C(=O)C(C(N)=O)=C(O)[C@H](N(C)C)[C@H]3[C@@H](O)[C@@H]21. The maximum Gasteiger partial charge on any atom is 0.255 e. The van der Waals surface area contributed by atoms with Crippen LogP contribution in [0.5, 0.6) is 5.75 Å². The molecule has 0 unspecified atom stereocenters. The highest BCUT2D eigenvalue weighted by molar-refractivity contribution is 6.25. The van der Waals surface area contributed by atoms with Gasteiger partial charge in [-0.25, -0.2) is 0 Å². The average Bonchev–Trinajstić information content (AvgIpc) is 3.01. The van der Waals surface area contributed by atoms with E-state index in [1.807, 2.05) is 18.2 Å². The number of carbonyl (C=O) groups excluding carboxylic acids is 3. The first-order valence-corrected chi connectivity index (χ1v) is 15.5. The number of carbonyl (C=O) groups is 3. The van der Waals surface area contributed by atoms with Crippen molar-refractivity contribution in [3.05, 3.63) is 81.8 Å². The number of phenols is 1. The molecule has 46 heavy (non-hydrogen) atoms. The van der Waals surface area contributed by atoms with E-state index in [1.165, 1.54) is 24.6 Å². The van der Waals surface area contributed by atoms with Crippen LogP contribution in [0.3, 0.4) is 0 Å². The number of amides is 1. The quantitative estimate of drug-likeness (QED) is 0.181. The van der Waals surface area contributed by atoms with Crippen molar-refractivity contribution < 1.29 is 39.9 Å². The Labute approximate surface area is 266 Å². The largest absolute Gasteiger partial charge is 0.510 e. The van der Waals surface area contributed by atoms with Gasteiger partial charge in [0, 0.05) is 37.2 Å². The number of hydrogen-bond donors (Lipinski definition) is 7. The van der Waals surface area contributed by atoms with E-state index in [4.69, 9.17) is 5.73 Å². The number of anilines is 1. The molecule has 1 saturated heterocycles. The zero-order valence-electron chi connectivity index (χ0n) is 26.0. The van der Waals surface area contributed by atoms with E-state index >= 15 is 0 Å². The molecular formula is C34H40N4O8. The first-order valence-electron chi connectivity index (χ1n) is 15.5. The van der Waals surface area contributed by atoms with Crippen LogP contribution in [0.25, 0.3) is 0 Å². The van der Waals surface area contributed by atoms with Crippen LogP contribution in [0.2, 0.25) is 0 Å². The second-order valence-electron chi connectivity index (χ2n) is 13.2. The van der Waals surface area contributed by atoms with Crippen molar-refractivity contribution in [3.63, 3.8) is 0 Å². The molecule has 244 valence electrons. The molecule has 4 aliphatic rings. The number of likely N-dealkylation sites (N-methyl/N-ethyl adjacent to an activating group) is 1. The number of rotatable bonds is 6. The van der Waals surface area contributed by atoms with Crippen molar-refractivity contribution in [2.75, 3.05) is 32.5 Å². The lowest BCUT2D eigenvalue weighted by Crippen LogP contribution is -2.68. The lowest BCUT2D eigenvalue weighted by molar-refractivity contribution is -0.162. The predicted molar refractivity (Wildman–Crippen MR) is 168 cm³/mol. The molecule has 2 aromatic carbocycles.